The van der Waals surface area contributed by atoms with Crippen LogP contribution in [0, 0.1) is 5.92 Å². The molecule has 3 aliphatic rings. The highest BCUT2D eigenvalue weighted by atomic mass is 19.3. The summed E-state index contributed by atoms with van der Waals surface area (Å²) in [5.74, 6) is 0.908. The number of morpholine rings is 1. The molecule has 9 nitrogen and oxygen atoms in total. The molecular weight excluding hydrogens is 456 g/mol. The van der Waals surface area contributed by atoms with Crippen LogP contribution in [-0.2, 0) is 4.74 Å². The summed E-state index contributed by atoms with van der Waals surface area (Å²) in [5.41, 5.74) is 0.234. The van der Waals surface area contributed by atoms with Gasteiger partial charge in [-0.2, -0.15) is 10.2 Å². The van der Waals surface area contributed by atoms with E-state index in [9.17, 15) is 13.6 Å². The lowest BCUT2D eigenvalue weighted by Crippen LogP contribution is -2.37. The highest BCUT2D eigenvalue weighted by Crippen LogP contribution is 2.36. The average Bonchev–Trinajstić information content (AvgIpc) is 3.66. The zero-order valence-electron chi connectivity index (χ0n) is 19.6. The van der Waals surface area contributed by atoms with Gasteiger partial charge >= 0.3 is 0 Å². The number of alkyl halides is 2. The Bertz CT molecular complexity index is 1230. The predicted molar refractivity (Wildman–Crippen MR) is 125 cm³/mol. The van der Waals surface area contributed by atoms with E-state index in [1.54, 1.807) is 17.1 Å². The second-order valence-corrected chi connectivity index (χ2v) is 9.86. The van der Waals surface area contributed by atoms with Crippen LogP contribution in [0.15, 0.2) is 24.7 Å². The third kappa shape index (κ3) is 4.05. The Morgan fingerprint density at radius 3 is 2.77 bits per heavy atom. The molecular formula is C24H29F2N7O2. The van der Waals surface area contributed by atoms with E-state index in [1.807, 2.05) is 6.07 Å². The highest BCUT2D eigenvalue weighted by Gasteiger charge is 2.39. The molecule has 11 heteroatoms. The SMILES string of the molecule is CCC1CCC(n2cc(NC(=O)c3cnn4ccc(N5CC6CC5CO6)nc34)c(C(F)F)n2)CC1. The van der Waals surface area contributed by atoms with E-state index in [2.05, 4.69) is 27.3 Å². The lowest BCUT2D eigenvalue weighted by atomic mass is 9.85. The van der Waals surface area contributed by atoms with Crippen molar-refractivity contribution in [3.8, 4) is 0 Å². The Morgan fingerprint density at radius 2 is 2.09 bits per heavy atom. The van der Waals surface area contributed by atoms with Gasteiger partial charge in [0.1, 0.15) is 11.4 Å². The van der Waals surface area contributed by atoms with Crippen molar-refractivity contribution in [2.75, 3.05) is 23.4 Å². The van der Waals surface area contributed by atoms with Crippen molar-refractivity contribution in [3.63, 3.8) is 0 Å². The number of ether oxygens (including phenoxy) is 1. The number of aromatic nitrogens is 5. The Labute approximate surface area is 201 Å². The van der Waals surface area contributed by atoms with Gasteiger partial charge in [0.05, 0.1) is 36.7 Å². The minimum atomic E-state index is -2.79. The highest BCUT2D eigenvalue weighted by molar-refractivity contribution is 6.08. The van der Waals surface area contributed by atoms with Gasteiger partial charge in [-0.25, -0.2) is 18.3 Å². The summed E-state index contributed by atoms with van der Waals surface area (Å²) in [6, 6.07) is 2.22. The third-order valence-electron chi connectivity index (χ3n) is 7.78. The molecule has 5 heterocycles. The Morgan fingerprint density at radius 1 is 1.26 bits per heavy atom. The van der Waals surface area contributed by atoms with E-state index < -0.39 is 18.0 Å². The first-order valence-electron chi connectivity index (χ1n) is 12.4. The summed E-state index contributed by atoms with van der Waals surface area (Å²) in [7, 11) is 0. The topological polar surface area (TPSA) is 89.6 Å². The molecule has 0 aromatic carbocycles. The van der Waals surface area contributed by atoms with Gasteiger partial charge in [0.25, 0.3) is 12.3 Å². The van der Waals surface area contributed by atoms with E-state index >= 15 is 0 Å². The summed E-state index contributed by atoms with van der Waals surface area (Å²) >= 11 is 0. The lowest BCUT2D eigenvalue weighted by Gasteiger charge is -2.27. The number of carbonyl (C=O) groups is 1. The molecule has 6 rings (SSSR count). The molecule has 2 atom stereocenters. The maximum absolute atomic E-state index is 13.8. The normalized spacial score (nSPS) is 26.2. The maximum Gasteiger partial charge on any atom is 0.284 e. The third-order valence-corrected chi connectivity index (χ3v) is 7.78. The molecule has 35 heavy (non-hydrogen) atoms. The van der Waals surface area contributed by atoms with Gasteiger partial charge in [-0.05, 0) is 44.1 Å². The van der Waals surface area contributed by atoms with Gasteiger partial charge in [-0.15, -0.1) is 0 Å². The molecule has 3 fully saturated rings. The van der Waals surface area contributed by atoms with Crippen LogP contribution in [0.4, 0.5) is 20.3 Å². The van der Waals surface area contributed by atoms with E-state index in [1.165, 1.54) is 10.7 Å². The summed E-state index contributed by atoms with van der Waals surface area (Å²) < 4.78 is 36.4. The number of fused-ring (bicyclic) bond motifs is 3. The molecule has 186 valence electrons. The first-order chi connectivity index (χ1) is 17.0. The molecule has 2 bridgehead atoms. The van der Waals surface area contributed by atoms with Crippen LogP contribution in [0.2, 0.25) is 0 Å². The molecule has 0 radical (unpaired) electrons. The van der Waals surface area contributed by atoms with Gasteiger partial charge in [0.2, 0.25) is 0 Å². The number of rotatable bonds is 6. The molecule has 1 saturated carbocycles. The standard InChI is InChI=1S/C24H29F2N7O2/c1-2-14-3-5-15(6-4-14)33-12-19(21(30-33)22(25)26)28-24(34)18-10-27-32-8-7-20(29-23(18)32)31-11-17-9-16(31)13-35-17/h7-8,10,12,14-17,22H,2-6,9,11,13H2,1H3,(H,28,34). The van der Waals surface area contributed by atoms with Gasteiger partial charge < -0.3 is 15.0 Å². The smallest absolute Gasteiger partial charge is 0.284 e. The summed E-state index contributed by atoms with van der Waals surface area (Å²) in [5, 5.41) is 11.0. The minimum absolute atomic E-state index is 0.0344. The number of hydrogen-bond donors (Lipinski definition) is 1. The molecule has 2 aliphatic heterocycles. The molecule has 2 saturated heterocycles. The largest absolute Gasteiger partial charge is 0.374 e. The van der Waals surface area contributed by atoms with Crippen LogP contribution in [0.3, 0.4) is 0 Å². The quantitative estimate of drug-likeness (QED) is 0.562. The number of nitrogens with one attached hydrogen (secondary N) is 1. The zero-order chi connectivity index (χ0) is 24.1. The van der Waals surface area contributed by atoms with Crippen LogP contribution >= 0.6 is 0 Å². The van der Waals surface area contributed by atoms with Crippen molar-refractivity contribution in [1.29, 1.82) is 0 Å². The van der Waals surface area contributed by atoms with E-state index in [4.69, 9.17) is 9.72 Å². The minimum Gasteiger partial charge on any atom is -0.374 e. The van der Waals surface area contributed by atoms with Crippen molar-refractivity contribution in [2.45, 2.75) is 70.1 Å². The molecule has 1 aliphatic carbocycles. The van der Waals surface area contributed by atoms with Crippen molar-refractivity contribution < 1.29 is 18.3 Å². The second-order valence-electron chi connectivity index (χ2n) is 9.86. The van der Waals surface area contributed by atoms with Crippen LogP contribution in [-0.4, -0.2) is 55.6 Å². The lowest BCUT2D eigenvalue weighted by molar-refractivity contribution is 0.0988. The van der Waals surface area contributed by atoms with Crippen LogP contribution in [0.5, 0.6) is 0 Å². The van der Waals surface area contributed by atoms with Gasteiger partial charge in [0, 0.05) is 18.9 Å². The van der Waals surface area contributed by atoms with Crippen molar-refractivity contribution in [3.05, 3.63) is 35.9 Å². The zero-order valence-corrected chi connectivity index (χ0v) is 19.6. The summed E-state index contributed by atoms with van der Waals surface area (Å²) in [6.07, 6.45) is 8.18. The van der Waals surface area contributed by atoms with Crippen LogP contribution in [0.1, 0.15) is 74.0 Å². The number of nitrogens with zero attached hydrogens (tertiary/aromatic N) is 6. The van der Waals surface area contributed by atoms with E-state index in [0.29, 0.717) is 18.2 Å². The number of anilines is 2. The molecule has 3 aromatic rings. The number of carbonyl (C=O) groups excluding carboxylic acids is 1. The number of hydrogen-bond acceptors (Lipinski definition) is 6. The van der Waals surface area contributed by atoms with Crippen molar-refractivity contribution >= 4 is 23.1 Å². The predicted octanol–water partition coefficient (Wildman–Crippen LogP) is 4.23. The summed E-state index contributed by atoms with van der Waals surface area (Å²) in [6.45, 7) is 3.62. The average molecular weight is 486 g/mol. The van der Waals surface area contributed by atoms with Crippen molar-refractivity contribution in [1.82, 2.24) is 24.4 Å². The van der Waals surface area contributed by atoms with E-state index in [0.717, 1.165) is 50.9 Å². The fraction of sp³-hybridized carbons (Fsp3) is 0.583. The Balaban J connectivity index is 1.24. The van der Waals surface area contributed by atoms with Crippen molar-refractivity contribution in [2.24, 2.45) is 5.92 Å². The number of halogens is 2. The Hall–Kier alpha value is -3.08. The second kappa shape index (κ2) is 8.85. The summed E-state index contributed by atoms with van der Waals surface area (Å²) in [4.78, 5) is 20.1. The van der Waals surface area contributed by atoms with Gasteiger partial charge in [-0.3, -0.25) is 9.48 Å². The molecule has 1 N–H and O–H groups in total. The fourth-order valence-corrected chi connectivity index (χ4v) is 5.72. The fourth-order valence-electron chi connectivity index (χ4n) is 5.72. The van der Waals surface area contributed by atoms with Crippen LogP contribution in [0.25, 0.3) is 5.65 Å². The van der Waals surface area contributed by atoms with E-state index in [-0.39, 0.29) is 29.4 Å². The first kappa shape index (κ1) is 22.4. The Kier molecular flexibility index (Phi) is 5.66. The molecule has 2 unspecified atom stereocenters. The molecule has 3 aromatic heterocycles. The molecule has 1 amide bonds. The molecule has 0 spiro atoms. The number of amides is 1. The monoisotopic (exact) mass is 485 g/mol. The van der Waals surface area contributed by atoms with Gasteiger partial charge in [-0.1, -0.05) is 13.3 Å². The first-order valence-corrected chi connectivity index (χ1v) is 12.4. The maximum atomic E-state index is 13.8. The van der Waals surface area contributed by atoms with Crippen LogP contribution < -0.4 is 10.2 Å². The van der Waals surface area contributed by atoms with Gasteiger partial charge in [0.15, 0.2) is 11.3 Å².